The molecule has 1 saturated heterocycles. The normalized spacial score (nSPS) is 21.0. The summed E-state index contributed by atoms with van der Waals surface area (Å²) in [5.41, 5.74) is 5.48. The molecule has 1 aliphatic heterocycles. The fourth-order valence-corrected chi connectivity index (χ4v) is 4.41. The molecular formula is C20H28N4O. The Balaban J connectivity index is 1.56. The molecule has 134 valence electrons. The molecule has 0 N–H and O–H groups in total. The van der Waals surface area contributed by atoms with Gasteiger partial charge < -0.3 is 9.47 Å². The van der Waals surface area contributed by atoms with Crippen LogP contribution in [0.3, 0.4) is 0 Å². The maximum Gasteiger partial charge on any atom is 0.255 e. The Bertz CT molecular complexity index is 812. The molecule has 1 saturated carbocycles. The summed E-state index contributed by atoms with van der Waals surface area (Å²) in [7, 11) is 0. The van der Waals surface area contributed by atoms with Crippen molar-refractivity contribution in [2.45, 2.75) is 65.5 Å². The van der Waals surface area contributed by atoms with E-state index in [0.717, 1.165) is 42.9 Å². The lowest BCUT2D eigenvalue weighted by Crippen LogP contribution is -2.41. The van der Waals surface area contributed by atoms with Crippen LogP contribution in [0.1, 0.15) is 70.9 Å². The van der Waals surface area contributed by atoms with Crippen molar-refractivity contribution in [1.29, 1.82) is 0 Å². The Labute approximate surface area is 149 Å². The summed E-state index contributed by atoms with van der Waals surface area (Å²) in [4.78, 5) is 15.2. The van der Waals surface area contributed by atoms with E-state index in [1.54, 1.807) is 0 Å². The Hall–Kier alpha value is -2.04. The van der Waals surface area contributed by atoms with Crippen LogP contribution >= 0.6 is 0 Å². The second-order valence-corrected chi connectivity index (χ2v) is 7.80. The molecule has 25 heavy (non-hydrogen) atoms. The van der Waals surface area contributed by atoms with Crippen LogP contribution in [0.4, 0.5) is 0 Å². The largest absolute Gasteiger partial charge is 0.345 e. The summed E-state index contributed by atoms with van der Waals surface area (Å²) in [6.07, 6.45) is 4.62. The first-order chi connectivity index (χ1) is 12.0. The average molecular weight is 340 g/mol. The zero-order valence-electron chi connectivity index (χ0n) is 15.7. The zero-order valence-corrected chi connectivity index (χ0v) is 15.7. The predicted molar refractivity (Wildman–Crippen MR) is 98.1 cm³/mol. The summed E-state index contributed by atoms with van der Waals surface area (Å²) in [5, 5.41) is 4.64. The first-order valence-electron chi connectivity index (χ1n) is 9.46. The molecule has 3 heterocycles. The van der Waals surface area contributed by atoms with Crippen LogP contribution in [-0.4, -0.2) is 38.2 Å². The lowest BCUT2D eigenvalue weighted by Gasteiger charge is -2.33. The highest BCUT2D eigenvalue weighted by molar-refractivity contribution is 5.95. The fourth-order valence-electron chi connectivity index (χ4n) is 4.41. The SMILES string of the molecule is Cc1cc(C)n([C@H]2CCCN(C(=O)c3cc(C)n(C4CC4)c3C)C2)n1. The molecule has 1 amide bonds. The van der Waals surface area contributed by atoms with E-state index >= 15 is 0 Å². The summed E-state index contributed by atoms with van der Waals surface area (Å²) in [6, 6.07) is 5.11. The molecule has 0 radical (unpaired) electrons. The Morgan fingerprint density at radius 2 is 1.80 bits per heavy atom. The Kier molecular flexibility index (Phi) is 3.97. The number of hydrogen-bond acceptors (Lipinski definition) is 2. The highest BCUT2D eigenvalue weighted by Crippen LogP contribution is 2.38. The van der Waals surface area contributed by atoms with Gasteiger partial charge >= 0.3 is 0 Å². The smallest absolute Gasteiger partial charge is 0.255 e. The minimum atomic E-state index is 0.186. The molecule has 2 aliphatic rings. The molecule has 2 aromatic rings. The molecule has 0 aromatic carbocycles. The molecule has 2 aromatic heterocycles. The predicted octanol–water partition coefficient (Wildman–Crippen LogP) is 3.73. The number of rotatable bonds is 3. The summed E-state index contributed by atoms with van der Waals surface area (Å²) in [6.45, 7) is 9.96. The van der Waals surface area contributed by atoms with Gasteiger partial charge in [-0.1, -0.05) is 0 Å². The molecule has 1 atom stereocenters. The first-order valence-corrected chi connectivity index (χ1v) is 9.46. The van der Waals surface area contributed by atoms with Gasteiger partial charge in [-0.15, -0.1) is 0 Å². The van der Waals surface area contributed by atoms with E-state index < -0.39 is 0 Å². The van der Waals surface area contributed by atoms with Gasteiger partial charge in [0.2, 0.25) is 0 Å². The summed E-state index contributed by atoms with van der Waals surface area (Å²) < 4.78 is 4.47. The van der Waals surface area contributed by atoms with E-state index in [9.17, 15) is 4.79 Å². The number of amides is 1. The summed E-state index contributed by atoms with van der Waals surface area (Å²) >= 11 is 0. The number of aromatic nitrogens is 3. The number of nitrogens with zero attached hydrogens (tertiary/aromatic N) is 4. The van der Waals surface area contributed by atoms with Crippen molar-refractivity contribution in [3.8, 4) is 0 Å². The molecule has 5 heteroatoms. The van der Waals surface area contributed by atoms with Gasteiger partial charge in [0.15, 0.2) is 0 Å². The molecular weight excluding hydrogens is 312 g/mol. The highest BCUT2D eigenvalue weighted by Gasteiger charge is 2.31. The lowest BCUT2D eigenvalue weighted by atomic mass is 10.0. The van der Waals surface area contributed by atoms with Crippen LogP contribution in [-0.2, 0) is 0 Å². The molecule has 0 bridgehead atoms. The van der Waals surface area contributed by atoms with Crippen LogP contribution in [0.5, 0.6) is 0 Å². The van der Waals surface area contributed by atoms with E-state index in [4.69, 9.17) is 0 Å². The van der Waals surface area contributed by atoms with E-state index in [1.165, 1.54) is 24.2 Å². The van der Waals surface area contributed by atoms with Gasteiger partial charge in [0, 0.05) is 36.2 Å². The number of aryl methyl sites for hydroxylation is 3. The van der Waals surface area contributed by atoms with Gasteiger partial charge in [-0.05, 0) is 65.5 Å². The molecule has 1 aliphatic carbocycles. The maximum atomic E-state index is 13.2. The van der Waals surface area contributed by atoms with Crippen LogP contribution in [0.2, 0.25) is 0 Å². The van der Waals surface area contributed by atoms with Gasteiger partial charge in [0.25, 0.3) is 5.91 Å². The van der Waals surface area contributed by atoms with Crippen molar-refractivity contribution in [2.75, 3.05) is 13.1 Å². The van der Waals surface area contributed by atoms with Crippen LogP contribution < -0.4 is 0 Å². The van der Waals surface area contributed by atoms with Crippen LogP contribution in [0.25, 0.3) is 0 Å². The van der Waals surface area contributed by atoms with Crippen molar-refractivity contribution in [3.05, 3.63) is 40.5 Å². The quantitative estimate of drug-likeness (QED) is 0.854. The van der Waals surface area contributed by atoms with Crippen LogP contribution in [0.15, 0.2) is 12.1 Å². The van der Waals surface area contributed by atoms with Gasteiger partial charge in [-0.3, -0.25) is 9.48 Å². The molecule has 0 spiro atoms. The van der Waals surface area contributed by atoms with Crippen molar-refractivity contribution < 1.29 is 4.79 Å². The number of carbonyl (C=O) groups excluding carboxylic acids is 1. The number of piperidine rings is 1. The van der Waals surface area contributed by atoms with E-state index in [0.29, 0.717) is 12.1 Å². The summed E-state index contributed by atoms with van der Waals surface area (Å²) in [5.74, 6) is 0.186. The number of hydrogen-bond donors (Lipinski definition) is 0. The van der Waals surface area contributed by atoms with E-state index in [1.807, 2.05) is 11.8 Å². The standard InChI is InChI=1S/C20H28N4O/c1-13-10-15(3)24(21-13)18-6-5-9-22(12-18)20(25)19-11-14(2)23(16(19)4)17-7-8-17/h10-11,17-18H,5-9,12H2,1-4H3/t18-/m0/s1. The molecule has 5 nitrogen and oxygen atoms in total. The first kappa shape index (κ1) is 16.4. The van der Waals surface area contributed by atoms with Gasteiger partial charge in [-0.25, -0.2) is 0 Å². The Morgan fingerprint density at radius 1 is 1.04 bits per heavy atom. The molecule has 0 unspecified atom stereocenters. The van der Waals surface area contributed by atoms with E-state index in [2.05, 4.69) is 47.3 Å². The fraction of sp³-hybridized carbons (Fsp3) is 0.600. The average Bonchev–Trinajstić information content (AvgIpc) is 3.29. The van der Waals surface area contributed by atoms with Gasteiger partial charge in [0.05, 0.1) is 17.3 Å². The lowest BCUT2D eigenvalue weighted by molar-refractivity contribution is 0.0670. The van der Waals surface area contributed by atoms with Crippen molar-refractivity contribution in [3.63, 3.8) is 0 Å². The van der Waals surface area contributed by atoms with E-state index in [-0.39, 0.29) is 5.91 Å². The minimum Gasteiger partial charge on any atom is -0.345 e. The van der Waals surface area contributed by atoms with Crippen molar-refractivity contribution >= 4 is 5.91 Å². The molecule has 4 rings (SSSR count). The van der Waals surface area contributed by atoms with Gasteiger partial charge in [-0.2, -0.15) is 5.10 Å². The third-order valence-corrected chi connectivity index (χ3v) is 5.70. The second kappa shape index (κ2) is 6.04. The second-order valence-electron chi connectivity index (χ2n) is 7.80. The third-order valence-electron chi connectivity index (χ3n) is 5.70. The van der Waals surface area contributed by atoms with Crippen molar-refractivity contribution in [1.82, 2.24) is 19.2 Å². The third kappa shape index (κ3) is 2.90. The highest BCUT2D eigenvalue weighted by atomic mass is 16.2. The maximum absolute atomic E-state index is 13.2. The van der Waals surface area contributed by atoms with Crippen molar-refractivity contribution in [2.24, 2.45) is 0 Å². The van der Waals surface area contributed by atoms with Gasteiger partial charge in [0.1, 0.15) is 0 Å². The minimum absolute atomic E-state index is 0.186. The monoisotopic (exact) mass is 340 g/mol. The Morgan fingerprint density at radius 3 is 2.44 bits per heavy atom. The topological polar surface area (TPSA) is 43.1 Å². The number of carbonyl (C=O) groups is 1. The zero-order chi connectivity index (χ0) is 17.7. The number of likely N-dealkylation sites (tertiary alicyclic amines) is 1. The molecule has 2 fully saturated rings. The van der Waals surface area contributed by atoms with Crippen LogP contribution in [0, 0.1) is 27.7 Å².